The number of hydrogen-bond donors (Lipinski definition) is 1. The molecule has 0 spiro atoms. The Balaban J connectivity index is 1.68. The highest BCUT2D eigenvalue weighted by Crippen LogP contribution is 2.30. The molecule has 0 atom stereocenters. The summed E-state index contributed by atoms with van der Waals surface area (Å²) in [7, 11) is 0. The maximum absolute atomic E-state index is 12.9. The first-order valence-corrected chi connectivity index (χ1v) is 8.31. The number of ether oxygens (including phenoxy) is 1. The number of rotatable bonds is 4. The van der Waals surface area contributed by atoms with Crippen molar-refractivity contribution < 1.29 is 9.53 Å². The minimum Gasteiger partial charge on any atom is -0.457 e. The molecule has 2 aromatic heterocycles. The molecule has 0 aliphatic carbocycles. The molecule has 4 aromatic rings. The van der Waals surface area contributed by atoms with Crippen molar-refractivity contribution in [3.63, 3.8) is 0 Å². The largest absolute Gasteiger partial charge is 0.457 e. The van der Waals surface area contributed by atoms with Gasteiger partial charge in [0.1, 0.15) is 28.7 Å². The molecule has 2 heterocycles. The summed E-state index contributed by atoms with van der Waals surface area (Å²) in [6, 6.07) is 14.1. The summed E-state index contributed by atoms with van der Waals surface area (Å²) in [5, 5.41) is 7.39. The summed E-state index contributed by atoms with van der Waals surface area (Å²) in [4.78, 5) is 20.7. The maximum Gasteiger partial charge on any atom is 0.213 e. The number of aromatic amines is 1. The Morgan fingerprint density at radius 1 is 1.00 bits per heavy atom. The fourth-order valence-corrected chi connectivity index (χ4v) is 2.97. The molecular weight excluding hydrogens is 375 g/mol. The van der Waals surface area contributed by atoms with Gasteiger partial charge in [-0.05, 0) is 24.3 Å². The van der Waals surface area contributed by atoms with E-state index in [0.717, 1.165) is 0 Å². The highest BCUT2D eigenvalue weighted by Gasteiger charge is 2.21. The van der Waals surface area contributed by atoms with Crippen molar-refractivity contribution >= 4 is 40.0 Å². The van der Waals surface area contributed by atoms with Crippen LogP contribution in [0.15, 0.2) is 54.9 Å². The van der Waals surface area contributed by atoms with Crippen LogP contribution in [0.4, 0.5) is 0 Å². The van der Waals surface area contributed by atoms with Gasteiger partial charge in [-0.15, -0.1) is 0 Å². The quantitative estimate of drug-likeness (QED) is 0.407. The van der Waals surface area contributed by atoms with Crippen molar-refractivity contribution in [2.24, 2.45) is 0 Å². The summed E-state index contributed by atoms with van der Waals surface area (Å²) in [5.74, 6) is 0.834. The van der Waals surface area contributed by atoms with E-state index in [1.807, 2.05) is 30.3 Å². The zero-order valence-corrected chi connectivity index (χ0v) is 14.6. The molecule has 8 heteroatoms. The van der Waals surface area contributed by atoms with Gasteiger partial charge in [0.05, 0.1) is 10.4 Å². The van der Waals surface area contributed by atoms with E-state index >= 15 is 0 Å². The van der Waals surface area contributed by atoms with E-state index in [-0.39, 0.29) is 27.2 Å². The second-order valence-electron chi connectivity index (χ2n) is 5.35. The molecule has 0 aliphatic heterocycles. The molecular formula is C18H10Cl2N4O2. The van der Waals surface area contributed by atoms with Crippen molar-refractivity contribution in [3.05, 3.63) is 76.3 Å². The van der Waals surface area contributed by atoms with Crippen LogP contribution in [0.3, 0.4) is 0 Å². The zero-order valence-electron chi connectivity index (χ0n) is 13.1. The van der Waals surface area contributed by atoms with Crippen LogP contribution in [0.1, 0.15) is 16.1 Å². The van der Waals surface area contributed by atoms with Gasteiger partial charge in [-0.3, -0.25) is 9.89 Å². The van der Waals surface area contributed by atoms with Crippen LogP contribution in [-0.4, -0.2) is 25.9 Å². The predicted octanol–water partition coefficient (Wildman–Crippen LogP) is 4.68. The SMILES string of the molecule is O=C(c1ccc(Oc2ccccc2)cc1Cl)c1[nH]nc2ncnc(Cl)c12. The van der Waals surface area contributed by atoms with Gasteiger partial charge in [0.15, 0.2) is 5.65 Å². The first kappa shape index (κ1) is 16.5. The second kappa shape index (κ2) is 6.74. The van der Waals surface area contributed by atoms with E-state index in [1.165, 1.54) is 6.33 Å². The third kappa shape index (κ3) is 3.00. The highest BCUT2D eigenvalue weighted by atomic mass is 35.5. The van der Waals surface area contributed by atoms with Crippen LogP contribution < -0.4 is 4.74 Å². The van der Waals surface area contributed by atoms with Crippen LogP contribution in [-0.2, 0) is 0 Å². The van der Waals surface area contributed by atoms with E-state index in [9.17, 15) is 4.79 Å². The number of carbonyl (C=O) groups excluding carboxylic acids is 1. The molecule has 128 valence electrons. The Bertz CT molecular complexity index is 1110. The lowest BCUT2D eigenvalue weighted by atomic mass is 10.1. The van der Waals surface area contributed by atoms with Crippen LogP contribution in [0.25, 0.3) is 11.0 Å². The molecule has 0 saturated carbocycles. The van der Waals surface area contributed by atoms with Gasteiger partial charge in [-0.25, -0.2) is 9.97 Å². The molecule has 1 N–H and O–H groups in total. The summed E-state index contributed by atoms with van der Waals surface area (Å²) in [5.41, 5.74) is 0.787. The summed E-state index contributed by atoms with van der Waals surface area (Å²) in [6.45, 7) is 0. The Kier molecular flexibility index (Phi) is 4.28. The van der Waals surface area contributed by atoms with Crippen LogP contribution >= 0.6 is 23.2 Å². The van der Waals surface area contributed by atoms with E-state index < -0.39 is 0 Å². The van der Waals surface area contributed by atoms with Gasteiger partial charge in [0.2, 0.25) is 5.78 Å². The number of carbonyl (C=O) groups is 1. The molecule has 0 unspecified atom stereocenters. The first-order chi connectivity index (χ1) is 12.6. The minimum atomic E-state index is -0.361. The average Bonchev–Trinajstić information content (AvgIpc) is 3.08. The topological polar surface area (TPSA) is 80.8 Å². The molecule has 0 amide bonds. The molecule has 0 fully saturated rings. The van der Waals surface area contributed by atoms with E-state index in [4.69, 9.17) is 27.9 Å². The van der Waals surface area contributed by atoms with Gasteiger partial charge in [-0.2, -0.15) is 5.10 Å². The lowest BCUT2D eigenvalue weighted by Gasteiger charge is -2.08. The second-order valence-corrected chi connectivity index (χ2v) is 6.11. The molecule has 4 rings (SSSR count). The molecule has 0 radical (unpaired) electrons. The van der Waals surface area contributed by atoms with Crippen LogP contribution in [0, 0.1) is 0 Å². The lowest BCUT2D eigenvalue weighted by Crippen LogP contribution is -2.04. The smallest absolute Gasteiger partial charge is 0.213 e. The number of H-pyrrole nitrogens is 1. The fraction of sp³-hybridized carbons (Fsp3) is 0. The third-order valence-corrected chi connectivity index (χ3v) is 4.30. The standard InChI is InChI=1S/C18H10Cl2N4O2/c19-13-8-11(26-10-4-2-1-3-5-10)6-7-12(13)16(25)15-14-17(20)21-9-22-18(14)24-23-15/h1-9H,(H,21,22,23,24). The van der Waals surface area contributed by atoms with E-state index in [2.05, 4.69) is 20.2 Å². The lowest BCUT2D eigenvalue weighted by molar-refractivity contribution is 0.103. The average molecular weight is 385 g/mol. The molecule has 0 bridgehead atoms. The zero-order chi connectivity index (χ0) is 18.1. The Morgan fingerprint density at radius 3 is 2.58 bits per heavy atom. The van der Waals surface area contributed by atoms with Gasteiger partial charge in [0, 0.05) is 11.6 Å². The number of nitrogens with zero attached hydrogens (tertiary/aromatic N) is 3. The monoisotopic (exact) mass is 384 g/mol. The van der Waals surface area contributed by atoms with E-state index in [0.29, 0.717) is 22.5 Å². The first-order valence-electron chi connectivity index (χ1n) is 7.55. The van der Waals surface area contributed by atoms with Crippen molar-refractivity contribution in [2.45, 2.75) is 0 Å². The number of halogens is 2. The van der Waals surface area contributed by atoms with Gasteiger partial charge in [-0.1, -0.05) is 41.4 Å². The Labute approximate surface area is 157 Å². The number of hydrogen-bond acceptors (Lipinski definition) is 5. The third-order valence-electron chi connectivity index (χ3n) is 3.70. The molecule has 0 saturated heterocycles. The number of benzene rings is 2. The predicted molar refractivity (Wildman–Crippen MR) is 98.1 cm³/mol. The highest BCUT2D eigenvalue weighted by molar-refractivity contribution is 6.38. The number of ketones is 1. The molecule has 2 aromatic carbocycles. The minimum absolute atomic E-state index is 0.146. The van der Waals surface area contributed by atoms with Crippen molar-refractivity contribution in [1.29, 1.82) is 0 Å². The van der Waals surface area contributed by atoms with E-state index in [1.54, 1.807) is 18.2 Å². The molecule has 26 heavy (non-hydrogen) atoms. The number of aromatic nitrogens is 4. The summed E-state index contributed by atoms with van der Waals surface area (Å²) < 4.78 is 5.72. The fourth-order valence-electron chi connectivity index (χ4n) is 2.49. The van der Waals surface area contributed by atoms with Crippen molar-refractivity contribution in [3.8, 4) is 11.5 Å². The number of fused-ring (bicyclic) bond motifs is 1. The van der Waals surface area contributed by atoms with Gasteiger partial charge in [0.25, 0.3) is 0 Å². The van der Waals surface area contributed by atoms with Crippen molar-refractivity contribution in [2.75, 3.05) is 0 Å². The number of nitrogens with one attached hydrogen (secondary N) is 1. The van der Waals surface area contributed by atoms with Gasteiger partial charge >= 0.3 is 0 Å². The summed E-state index contributed by atoms with van der Waals surface area (Å²) >= 11 is 12.4. The Hall–Kier alpha value is -2.96. The maximum atomic E-state index is 12.9. The Morgan fingerprint density at radius 2 is 1.81 bits per heavy atom. The van der Waals surface area contributed by atoms with Crippen LogP contribution in [0.5, 0.6) is 11.5 Å². The van der Waals surface area contributed by atoms with Crippen LogP contribution in [0.2, 0.25) is 10.2 Å². The van der Waals surface area contributed by atoms with Gasteiger partial charge < -0.3 is 4.74 Å². The molecule has 0 aliphatic rings. The normalized spacial score (nSPS) is 10.8. The van der Waals surface area contributed by atoms with Crippen molar-refractivity contribution in [1.82, 2.24) is 20.2 Å². The molecule has 6 nitrogen and oxygen atoms in total. The number of para-hydroxylation sites is 1. The summed E-state index contributed by atoms with van der Waals surface area (Å²) in [6.07, 6.45) is 1.28.